The number of hydrogen-bond donors (Lipinski definition) is 2. The van der Waals surface area contributed by atoms with Gasteiger partial charge in [0.1, 0.15) is 5.82 Å². The number of nitrogens with one attached hydrogen (secondary N) is 1. The molecule has 0 saturated heterocycles. The second-order valence-electron chi connectivity index (χ2n) is 5.61. The van der Waals surface area contributed by atoms with E-state index in [0.29, 0.717) is 30.6 Å². The van der Waals surface area contributed by atoms with E-state index in [0.717, 1.165) is 5.82 Å². The molecule has 0 saturated carbocycles. The fourth-order valence-corrected chi connectivity index (χ4v) is 1.29. The lowest BCUT2D eigenvalue weighted by atomic mass is 10.1. The van der Waals surface area contributed by atoms with Crippen LogP contribution in [-0.2, 0) is 4.74 Å². The lowest BCUT2D eigenvalue weighted by molar-refractivity contribution is 0.0343. The predicted molar refractivity (Wildman–Crippen MR) is 78.6 cm³/mol. The second kappa shape index (κ2) is 6.61. The van der Waals surface area contributed by atoms with Crippen LogP contribution in [0.3, 0.4) is 0 Å². The second-order valence-corrected chi connectivity index (χ2v) is 5.61. The van der Waals surface area contributed by atoms with E-state index in [9.17, 15) is 0 Å². The first-order valence-electron chi connectivity index (χ1n) is 6.52. The van der Waals surface area contributed by atoms with Crippen LogP contribution in [-0.4, -0.2) is 30.8 Å². The lowest BCUT2D eigenvalue weighted by Crippen LogP contribution is -2.32. The maximum absolute atomic E-state index is 5.84. The molecule has 1 aromatic rings. The number of methoxy groups -OCH3 is 1. The van der Waals surface area contributed by atoms with Crippen molar-refractivity contribution in [2.75, 3.05) is 31.3 Å². The van der Waals surface area contributed by atoms with Crippen molar-refractivity contribution >= 4 is 11.5 Å². The summed E-state index contributed by atoms with van der Waals surface area (Å²) >= 11 is 0. The number of nitrogens with zero attached hydrogens (tertiary/aromatic N) is 1. The average molecular weight is 267 g/mol. The Morgan fingerprint density at radius 3 is 2.63 bits per heavy atom. The fourth-order valence-electron chi connectivity index (χ4n) is 1.29. The summed E-state index contributed by atoms with van der Waals surface area (Å²) in [5.74, 6) is 1.65. The van der Waals surface area contributed by atoms with Gasteiger partial charge in [-0.15, -0.1) is 0 Å². The van der Waals surface area contributed by atoms with Gasteiger partial charge in [-0.25, -0.2) is 0 Å². The highest BCUT2D eigenvalue weighted by atomic mass is 16.5. The molecule has 0 radical (unpaired) electrons. The van der Waals surface area contributed by atoms with E-state index >= 15 is 0 Å². The number of hydrogen-bond acceptors (Lipinski definition) is 5. The quantitative estimate of drug-likeness (QED) is 0.794. The summed E-state index contributed by atoms with van der Waals surface area (Å²) in [4.78, 5) is 4.37. The molecular weight excluding hydrogens is 242 g/mol. The van der Waals surface area contributed by atoms with Crippen molar-refractivity contribution in [1.82, 2.24) is 4.98 Å². The Kier molecular flexibility index (Phi) is 5.42. The third kappa shape index (κ3) is 5.34. The number of nitrogen functional groups attached to an aromatic ring is 1. The standard InChI is InChI=1S/C14H25N3O2/c1-10(2)8-19-13-11(15)6-7-12(17-13)16-9-14(3,4)18-5/h6-7,10H,8-9,15H2,1-5H3,(H,16,17). The SMILES string of the molecule is COC(C)(C)CNc1ccc(N)c(OCC(C)C)n1. The molecule has 0 aliphatic rings. The van der Waals surface area contributed by atoms with Crippen LogP contribution in [0.5, 0.6) is 5.88 Å². The molecule has 3 N–H and O–H groups in total. The highest BCUT2D eigenvalue weighted by Crippen LogP contribution is 2.22. The first kappa shape index (κ1) is 15.6. The molecule has 19 heavy (non-hydrogen) atoms. The molecule has 0 aliphatic heterocycles. The Labute approximate surface area is 115 Å². The number of anilines is 2. The lowest BCUT2D eigenvalue weighted by Gasteiger charge is -2.23. The van der Waals surface area contributed by atoms with E-state index in [2.05, 4.69) is 24.1 Å². The van der Waals surface area contributed by atoms with Gasteiger partial charge >= 0.3 is 0 Å². The zero-order chi connectivity index (χ0) is 14.5. The summed E-state index contributed by atoms with van der Waals surface area (Å²) in [6.45, 7) is 9.44. The number of aromatic nitrogens is 1. The third-order valence-electron chi connectivity index (χ3n) is 2.69. The molecule has 0 fully saturated rings. The van der Waals surface area contributed by atoms with Crippen LogP contribution in [0.25, 0.3) is 0 Å². The minimum absolute atomic E-state index is 0.248. The van der Waals surface area contributed by atoms with Gasteiger partial charge in [0.05, 0.1) is 17.9 Å². The van der Waals surface area contributed by atoms with Gasteiger partial charge in [0.2, 0.25) is 5.88 Å². The molecular formula is C14H25N3O2. The normalized spacial score (nSPS) is 11.7. The Bertz CT molecular complexity index is 406. The minimum Gasteiger partial charge on any atom is -0.476 e. The highest BCUT2D eigenvalue weighted by molar-refractivity contribution is 5.53. The molecule has 0 amide bonds. The molecule has 0 aromatic carbocycles. The number of pyridine rings is 1. The molecule has 5 heteroatoms. The largest absolute Gasteiger partial charge is 0.476 e. The summed E-state index contributed by atoms with van der Waals surface area (Å²) in [6.07, 6.45) is 0. The van der Waals surface area contributed by atoms with Crippen molar-refractivity contribution in [3.63, 3.8) is 0 Å². The third-order valence-corrected chi connectivity index (χ3v) is 2.69. The van der Waals surface area contributed by atoms with Crippen LogP contribution >= 0.6 is 0 Å². The summed E-state index contributed by atoms with van der Waals surface area (Å²) in [5, 5.41) is 3.22. The molecule has 108 valence electrons. The van der Waals surface area contributed by atoms with E-state index < -0.39 is 0 Å². The summed E-state index contributed by atoms with van der Waals surface area (Å²) in [6, 6.07) is 3.63. The Hall–Kier alpha value is -1.49. The van der Waals surface area contributed by atoms with E-state index in [1.807, 2.05) is 19.9 Å². The molecule has 0 bridgehead atoms. The molecule has 0 spiro atoms. The fraction of sp³-hybridized carbons (Fsp3) is 0.643. The Balaban J connectivity index is 2.67. The Morgan fingerprint density at radius 1 is 1.37 bits per heavy atom. The molecule has 1 heterocycles. The smallest absolute Gasteiger partial charge is 0.239 e. The zero-order valence-corrected chi connectivity index (χ0v) is 12.5. The average Bonchev–Trinajstić information content (AvgIpc) is 2.36. The molecule has 0 unspecified atom stereocenters. The van der Waals surface area contributed by atoms with Crippen molar-refractivity contribution in [1.29, 1.82) is 0 Å². The van der Waals surface area contributed by atoms with Crippen molar-refractivity contribution in [2.45, 2.75) is 33.3 Å². The van der Waals surface area contributed by atoms with Gasteiger partial charge in [-0.3, -0.25) is 0 Å². The molecule has 1 aromatic heterocycles. The molecule has 0 atom stereocenters. The molecule has 0 aliphatic carbocycles. The van der Waals surface area contributed by atoms with Crippen molar-refractivity contribution < 1.29 is 9.47 Å². The van der Waals surface area contributed by atoms with Crippen LogP contribution in [0.2, 0.25) is 0 Å². The number of nitrogens with two attached hydrogens (primary N) is 1. The maximum atomic E-state index is 5.84. The predicted octanol–water partition coefficient (Wildman–Crippen LogP) is 2.54. The minimum atomic E-state index is -0.248. The van der Waals surface area contributed by atoms with Gasteiger partial charge in [0, 0.05) is 13.7 Å². The van der Waals surface area contributed by atoms with E-state index in [4.69, 9.17) is 15.2 Å². The van der Waals surface area contributed by atoms with Crippen molar-refractivity contribution in [3.8, 4) is 5.88 Å². The van der Waals surface area contributed by atoms with Crippen LogP contribution in [0.1, 0.15) is 27.7 Å². The number of rotatable bonds is 7. The summed E-state index contributed by atoms with van der Waals surface area (Å²) in [5.41, 5.74) is 6.15. The maximum Gasteiger partial charge on any atom is 0.239 e. The van der Waals surface area contributed by atoms with Gasteiger partial charge in [-0.05, 0) is 31.9 Å². The monoisotopic (exact) mass is 267 g/mol. The van der Waals surface area contributed by atoms with Crippen molar-refractivity contribution in [2.24, 2.45) is 5.92 Å². The van der Waals surface area contributed by atoms with Gasteiger partial charge in [-0.2, -0.15) is 4.98 Å². The summed E-state index contributed by atoms with van der Waals surface area (Å²) < 4.78 is 10.9. The van der Waals surface area contributed by atoms with Gasteiger partial charge in [0.25, 0.3) is 0 Å². The van der Waals surface area contributed by atoms with Crippen LogP contribution in [0.4, 0.5) is 11.5 Å². The van der Waals surface area contributed by atoms with E-state index in [1.165, 1.54) is 0 Å². The van der Waals surface area contributed by atoms with Crippen LogP contribution < -0.4 is 15.8 Å². The van der Waals surface area contributed by atoms with Crippen molar-refractivity contribution in [3.05, 3.63) is 12.1 Å². The topological polar surface area (TPSA) is 69.4 Å². The van der Waals surface area contributed by atoms with E-state index in [-0.39, 0.29) is 5.60 Å². The molecule has 5 nitrogen and oxygen atoms in total. The van der Waals surface area contributed by atoms with Gasteiger partial charge < -0.3 is 20.5 Å². The highest BCUT2D eigenvalue weighted by Gasteiger charge is 2.16. The van der Waals surface area contributed by atoms with Gasteiger partial charge in [0.15, 0.2) is 0 Å². The van der Waals surface area contributed by atoms with Crippen LogP contribution in [0.15, 0.2) is 12.1 Å². The van der Waals surface area contributed by atoms with Gasteiger partial charge in [-0.1, -0.05) is 13.8 Å². The zero-order valence-electron chi connectivity index (χ0n) is 12.5. The first-order valence-corrected chi connectivity index (χ1v) is 6.52. The summed E-state index contributed by atoms with van der Waals surface area (Å²) in [7, 11) is 1.69. The first-order chi connectivity index (χ1) is 8.84. The Morgan fingerprint density at radius 2 is 2.05 bits per heavy atom. The van der Waals surface area contributed by atoms with E-state index in [1.54, 1.807) is 13.2 Å². The van der Waals surface area contributed by atoms with Crippen LogP contribution in [0, 0.1) is 5.92 Å². The molecule has 1 rings (SSSR count). The number of ether oxygens (including phenoxy) is 2.